The average Bonchev–Trinajstić information content (AvgIpc) is 3.62. The molecule has 0 radical (unpaired) electrons. The third kappa shape index (κ3) is 6.62. The molecule has 0 aliphatic carbocycles. The van der Waals surface area contributed by atoms with Crippen molar-refractivity contribution in [3.63, 3.8) is 0 Å². The van der Waals surface area contributed by atoms with Gasteiger partial charge in [-0.25, -0.2) is 0 Å². The van der Waals surface area contributed by atoms with Gasteiger partial charge in [-0.15, -0.1) is 0 Å². The lowest BCUT2D eigenvalue weighted by atomic mass is 10.1. The summed E-state index contributed by atoms with van der Waals surface area (Å²) in [4.78, 5) is 4.72. The molecule has 6 heteroatoms. The van der Waals surface area contributed by atoms with Crippen LogP contribution in [0.4, 0.5) is 24.5 Å². The Balaban J connectivity index is 1.36. The van der Waals surface area contributed by atoms with Crippen molar-refractivity contribution < 1.29 is 17.7 Å². The number of anilines is 2. The number of aromatic nitrogens is 1. The van der Waals surface area contributed by atoms with Gasteiger partial charge in [-0.3, -0.25) is 0 Å². The van der Waals surface area contributed by atoms with Gasteiger partial charge in [0.05, 0.1) is 0 Å². The Bertz CT molecular complexity index is 1140. The highest BCUT2D eigenvalue weighted by atomic mass is 19.4. The Labute approximate surface area is 217 Å². The van der Waals surface area contributed by atoms with E-state index < -0.39 is 12.7 Å². The number of rotatable bonds is 7. The van der Waals surface area contributed by atoms with E-state index in [-0.39, 0.29) is 0 Å². The van der Waals surface area contributed by atoms with E-state index in [1.54, 1.807) is 30.4 Å². The van der Waals surface area contributed by atoms with E-state index in [1.807, 2.05) is 36.4 Å². The molecule has 2 saturated heterocycles. The zero-order valence-corrected chi connectivity index (χ0v) is 21.0. The van der Waals surface area contributed by atoms with Crippen LogP contribution in [0.2, 0.25) is 0 Å². The van der Waals surface area contributed by atoms with E-state index in [0.717, 1.165) is 37.3 Å². The zero-order valence-electron chi connectivity index (χ0n) is 21.0. The van der Waals surface area contributed by atoms with Crippen LogP contribution in [0, 0.1) is 0 Å². The standard InChI is InChI=1S/C31H33F3N3/c32-31(33,34)24-37-29(18-12-25-8-14-27(15-9-25)35-20-1-2-21-35)6-5-7-30(37)19-13-26-10-16-28(17-11-26)36-22-3-4-23-36/h5-19H,1-4,20-24H2/q+1. The first-order valence-corrected chi connectivity index (χ1v) is 13.1. The first-order valence-electron chi connectivity index (χ1n) is 13.1. The molecule has 3 heterocycles. The Morgan fingerprint density at radius 2 is 1.00 bits per heavy atom. The predicted octanol–water partition coefficient (Wildman–Crippen LogP) is 7.08. The molecular formula is C31H33F3N3+. The van der Waals surface area contributed by atoms with Crippen molar-refractivity contribution in [2.75, 3.05) is 36.0 Å². The molecule has 0 spiro atoms. The van der Waals surface area contributed by atoms with Crippen LogP contribution in [-0.2, 0) is 6.54 Å². The Morgan fingerprint density at radius 3 is 1.38 bits per heavy atom. The van der Waals surface area contributed by atoms with Crippen molar-refractivity contribution in [3.8, 4) is 0 Å². The minimum atomic E-state index is -4.33. The average molecular weight is 505 g/mol. The lowest BCUT2D eigenvalue weighted by Crippen LogP contribution is -2.46. The van der Waals surface area contributed by atoms with Crippen molar-refractivity contribution in [1.82, 2.24) is 0 Å². The summed E-state index contributed by atoms with van der Waals surface area (Å²) >= 11 is 0. The fraction of sp³-hybridized carbons (Fsp3) is 0.323. The molecule has 5 rings (SSSR count). The Morgan fingerprint density at radius 1 is 0.595 bits per heavy atom. The molecule has 0 saturated carbocycles. The van der Waals surface area contributed by atoms with Crippen LogP contribution in [0.25, 0.3) is 24.3 Å². The number of pyridine rings is 1. The molecule has 0 N–H and O–H groups in total. The second-order valence-corrected chi connectivity index (χ2v) is 9.81. The predicted molar refractivity (Wildman–Crippen MR) is 146 cm³/mol. The third-order valence-electron chi connectivity index (χ3n) is 7.12. The smallest absolute Gasteiger partial charge is 0.372 e. The molecule has 2 aliphatic rings. The van der Waals surface area contributed by atoms with Crippen LogP contribution in [0.5, 0.6) is 0 Å². The lowest BCUT2D eigenvalue weighted by molar-refractivity contribution is -0.722. The molecule has 0 unspecified atom stereocenters. The number of alkyl halides is 3. The van der Waals surface area contributed by atoms with E-state index >= 15 is 0 Å². The quantitative estimate of drug-likeness (QED) is 0.318. The van der Waals surface area contributed by atoms with Crippen LogP contribution >= 0.6 is 0 Å². The van der Waals surface area contributed by atoms with E-state index in [9.17, 15) is 13.2 Å². The minimum absolute atomic E-state index is 0.507. The van der Waals surface area contributed by atoms with Crippen molar-refractivity contribution in [2.45, 2.75) is 38.4 Å². The first kappa shape index (κ1) is 25.1. The molecule has 2 aromatic carbocycles. The van der Waals surface area contributed by atoms with Crippen LogP contribution in [0.15, 0.2) is 66.7 Å². The highest BCUT2D eigenvalue weighted by Crippen LogP contribution is 2.23. The second-order valence-electron chi connectivity index (χ2n) is 9.81. The second kappa shape index (κ2) is 11.2. The molecule has 3 nitrogen and oxygen atoms in total. The van der Waals surface area contributed by atoms with Crippen LogP contribution in [-0.4, -0.2) is 32.4 Å². The van der Waals surface area contributed by atoms with E-state index in [2.05, 4.69) is 34.1 Å². The SMILES string of the molecule is FC(F)(F)C[n+]1c(/C=C/c2ccc(N3CCCC3)cc2)cccc1/C=C/c1ccc(N2CCCC2)cc1. The number of hydrogen-bond acceptors (Lipinski definition) is 2. The molecule has 1 aromatic heterocycles. The molecule has 0 atom stereocenters. The van der Waals surface area contributed by atoms with Crippen molar-refractivity contribution >= 4 is 35.7 Å². The monoisotopic (exact) mass is 504 g/mol. The van der Waals surface area contributed by atoms with Gasteiger partial charge in [0.15, 0.2) is 0 Å². The molecule has 0 amide bonds. The summed E-state index contributed by atoms with van der Waals surface area (Å²) in [5, 5.41) is 0. The molecule has 3 aromatic rings. The van der Waals surface area contributed by atoms with Gasteiger partial charge in [-0.1, -0.05) is 24.3 Å². The van der Waals surface area contributed by atoms with E-state index in [0.29, 0.717) is 11.4 Å². The van der Waals surface area contributed by atoms with Crippen molar-refractivity contribution in [2.24, 2.45) is 0 Å². The van der Waals surface area contributed by atoms with Gasteiger partial charge in [0.1, 0.15) is 0 Å². The molecular weight excluding hydrogens is 471 g/mol. The molecule has 2 fully saturated rings. The maximum absolute atomic E-state index is 13.5. The van der Waals surface area contributed by atoms with Gasteiger partial charge in [0.2, 0.25) is 17.9 Å². The van der Waals surface area contributed by atoms with Gasteiger partial charge in [-0.05, 0) is 79.3 Å². The highest BCUT2D eigenvalue weighted by Gasteiger charge is 2.35. The fourth-order valence-corrected chi connectivity index (χ4v) is 5.13. The van der Waals surface area contributed by atoms with E-state index in [1.165, 1.54) is 41.6 Å². The molecule has 192 valence electrons. The fourth-order valence-electron chi connectivity index (χ4n) is 5.13. The third-order valence-corrected chi connectivity index (χ3v) is 7.12. The summed E-state index contributed by atoms with van der Waals surface area (Å²) < 4.78 is 41.9. The van der Waals surface area contributed by atoms with Gasteiger partial charge < -0.3 is 9.80 Å². The number of benzene rings is 2. The summed E-state index contributed by atoms with van der Waals surface area (Å²) in [6.45, 7) is 3.27. The van der Waals surface area contributed by atoms with Crippen molar-refractivity contribution in [1.29, 1.82) is 0 Å². The lowest BCUT2D eigenvalue weighted by Gasteiger charge is -2.17. The molecule has 0 bridgehead atoms. The summed E-state index contributed by atoms with van der Waals surface area (Å²) in [5.41, 5.74) is 5.32. The topological polar surface area (TPSA) is 10.4 Å². The van der Waals surface area contributed by atoms with Gasteiger partial charge in [0, 0.05) is 61.8 Å². The highest BCUT2D eigenvalue weighted by molar-refractivity contribution is 5.70. The summed E-state index contributed by atoms with van der Waals surface area (Å²) in [6.07, 6.45) is 7.82. The maximum Gasteiger partial charge on any atom is 0.448 e. The summed E-state index contributed by atoms with van der Waals surface area (Å²) in [6, 6.07) is 21.7. The van der Waals surface area contributed by atoms with Crippen LogP contribution < -0.4 is 14.4 Å². The Kier molecular flexibility index (Phi) is 7.63. The zero-order chi connectivity index (χ0) is 25.7. The first-order chi connectivity index (χ1) is 17.9. The maximum atomic E-state index is 13.5. The van der Waals surface area contributed by atoms with Gasteiger partial charge >= 0.3 is 6.18 Å². The number of nitrogens with zero attached hydrogens (tertiary/aromatic N) is 3. The molecule has 2 aliphatic heterocycles. The van der Waals surface area contributed by atoms with Crippen LogP contribution in [0.3, 0.4) is 0 Å². The van der Waals surface area contributed by atoms with Gasteiger partial charge in [-0.2, -0.15) is 17.7 Å². The summed E-state index contributed by atoms with van der Waals surface area (Å²) in [5.74, 6) is 0. The van der Waals surface area contributed by atoms with Crippen LogP contribution in [0.1, 0.15) is 48.2 Å². The number of hydrogen-bond donors (Lipinski definition) is 0. The summed E-state index contributed by atoms with van der Waals surface area (Å²) in [7, 11) is 0. The normalized spacial score (nSPS) is 16.5. The number of halogens is 3. The molecule has 37 heavy (non-hydrogen) atoms. The van der Waals surface area contributed by atoms with Gasteiger partial charge in [0.25, 0.3) is 0 Å². The largest absolute Gasteiger partial charge is 0.448 e. The van der Waals surface area contributed by atoms with Crippen molar-refractivity contribution in [3.05, 3.63) is 89.2 Å². The Hall–Kier alpha value is -3.54. The minimum Gasteiger partial charge on any atom is -0.372 e. The van der Waals surface area contributed by atoms with E-state index in [4.69, 9.17) is 0 Å².